The van der Waals surface area contributed by atoms with Crippen LogP contribution in [0, 0.1) is 0 Å². The number of rotatable bonds is 4. The fourth-order valence-corrected chi connectivity index (χ4v) is 2.40. The Bertz CT molecular complexity index is 212. The lowest BCUT2D eigenvalue weighted by Gasteiger charge is -2.27. The zero-order valence-electron chi connectivity index (χ0n) is 10.2. The van der Waals surface area contributed by atoms with Crippen LogP contribution >= 0.6 is 0 Å². The molecule has 15 heavy (non-hydrogen) atoms. The lowest BCUT2D eigenvalue weighted by molar-refractivity contribution is -0.0137. The molecule has 0 spiro atoms. The van der Waals surface area contributed by atoms with Crippen molar-refractivity contribution in [2.75, 3.05) is 26.3 Å². The summed E-state index contributed by atoms with van der Waals surface area (Å²) in [5.41, 5.74) is 0.00707. The van der Waals surface area contributed by atoms with Gasteiger partial charge in [-0.2, -0.15) is 0 Å². The van der Waals surface area contributed by atoms with Crippen molar-refractivity contribution < 1.29 is 9.47 Å². The summed E-state index contributed by atoms with van der Waals surface area (Å²) in [4.78, 5) is 2.56. The Morgan fingerprint density at radius 2 is 2.20 bits per heavy atom. The fraction of sp³-hybridized carbons (Fsp3) is 1.00. The first-order valence-corrected chi connectivity index (χ1v) is 6.04. The maximum absolute atomic E-state index is 5.71. The van der Waals surface area contributed by atoms with E-state index in [0.717, 1.165) is 26.2 Å². The van der Waals surface area contributed by atoms with Crippen molar-refractivity contribution in [3.05, 3.63) is 0 Å². The van der Waals surface area contributed by atoms with Crippen molar-refractivity contribution in [3.63, 3.8) is 0 Å². The maximum atomic E-state index is 5.71. The van der Waals surface area contributed by atoms with Crippen LogP contribution in [0.25, 0.3) is 0 Å². The molecule has 0 aromatic heterocycles. The molecule has 0 unspecified atom stereocenters. The summed E-state index contributed by atoms with van der Waals surface area (Å²) >= 11 is 0. The second kappa shape index (κ2) is 4.40. The average Bonchev–Trinajstić information content (AvgIpc) is 2.71. The molecule has 0 aliphatic carbocycles. The average molecular weight is 213 g/mol. The third-order valence-corrected chi connectivity index (χ3v) is 3.14. The van der Waals surface area contributed by atoms with Crippen LogP contribution in [-0.4, -0.2) is 49.0 Å². The van der Waals surface area contributed by atoms with Gasteiger partial charge in [0.15, 0.2) is 0 Å². The largest absolute Gasteiger partial charge is 0.376 e. The van der Waals surface area contributed by atoms with Gasteiger partial charge in [0.05, 0.1) is 18.3 Å². The summed E-state index contributed by atoms with van der Waals surface area (Å²) in [6.45, 7) is 10.5. The molecule has 0 saturated carbocycles. The number of morpholine rings is 1. The van der Waals surface area contributed by atoms with E-state index in [-0.39, 0.29) is 5.60 Å². The van der Waals surface area contributed by atoms with Crippen molar-refractivity contribution in [3.8, 4) is 0 Å². The van der Waals surface area contributed by atoms with Crippen LogP contribution in [0.4, 0.5) is 0 Å². The van der Waals surface area contributed by atoms with Crippen molar-refractivity contribution in [1.82, 2.24) is 4.90 Å². The van der Waals surface area contributed by atoms with E-state index >= 15 is 0 Å². The van der Waals surface area contributed by atoms with Crippen LogP contribution in [0.1, 0.15) is 33.6 Å². The minimum Gasteiger partial charge on any atom is -0.376 e. The van der Waals surface area contributed by atoms with E-state index in [4.69, 9.17) is 9.47 Å². The molecule has 0 radical (unpaired) electrons. The highest BCUT2D eigenvalue weighted by molar-refractivity contribution is 4.91. The molecule has 2 heterocycles. The first-order chi connectivity index (χ1) is 7.04. The van der Waals surface area contributed by atoms with Gasteiger partial charge in [-0.05, 0) is 33.6 Å². The van der Waals surface area contributed by atoms with Gasteiger partial charge in [-0.15, -0.1) is 0 Å². The fourth-order valence-electron chi connectivity index (χ4n) is 2.40. The van der Waals surface area contributed by atoms with Crippen molar-refractivity contribution in [1.29, 1.82) is 0 Å². The summed E-state index contributed by atoms with van der Waals surface area (Å²) in [5.74, 6) is 0. The molecular formula is C12H23NO2. The number of ether oxygens (including phenoxy) is 2. The zero-order valence-corrected chi connectivity index (χ0v) is 10.2. The van der Waals surface area contributed by atoms with Gasteiger partial charge in [0.1, 0.15) is 0 Å². The van der Waals surface area contributed by atoms with Crippen molar-refractivity contribution in [2.24, 2.45) is 0 Å². The van der Waals surface area contributed by atoms with Crippen LogP contribution in [-0.2, 0) is 9.47 Å². The molecule has 2 rings (SSSR count). The molecule has 2 aliphatic heterocycles. The lowest BCUT2D eigenvalue weighted by Crippen LogP contribution is -2.38. The Hall–Kier alpha value is -0.120. The molecule has 2 saturated heterocycles. The number of hydrogen-bond donors (Lipinski definition) is 0. The Morgan fingerprint density at radius 3 is 2.73 bits per heavy atom. The predicted molar refractivity (Wildman–Crippen MR) is 60.0 cm³/mol. The second-order valence-corrected chi connectivity index (χ2v) is 5.65. The number of hydrogen-bond acceptors (Lipinski definition) is 3. The highest BCUT2D eigenvalue weighted by Gasteiger charge is 2.38. The van der Waals surface area contributed by atoms with E-state index < -0.39 is 0 Å². The first-order valence-electron chi connectivity index (χ1n) is 6.04. The van der Waals surface area contributed by atoms with E-state index in [1.165, 1.54) is 13.0 Å². The van der Waals surface area contributed by atoms with Crippen LogP contribution in [0.3, 0.4) is 0 Å². The van der Waals surface area contributed by atoms with Gasteiger partial charge in [-0.1, -0.05) is 0 Å². The van der Waals surface area contributed by atoms with Crippen LogP contribution in [0.15, 0.2) is 0 Å². The third-order valence-electron chi connectivity index (χ3n) is 3.14. The van der Waals surface area contributed by atoms with Crippen molar-refractivity contribution >= 4 is 0 Å². The molecule has 0 N–H and O–H groups in total. The molecule has 2 atom stereocenters. The van der Waals surface area contributed by atoms with E-state index in [2.05, 4.69) is 25.7 Å². The molecule has 0 aromatic carbocycles. The number of nitrogens with zero attached hydrogens (tertiary/aromatic N) is 1. The third kappa shape index (κ3) is 3.16. The Morgan fingerprint density at radius 1 is 1.40 bits per heavy atom. The molecule has 3 heteroatoms. The van der Waals surface area contributed by atoms with E-state index in [1.54, 1.807) is 0 Å². The molecular weight excluding hydrogens is 190 g/mol. The second-order valence-electron chi connectivity index (χ2n) is 5.65. The quantitative estimate of drug-likeness (QED) is 0.663. The van der Waals surface area contributed by atoms with E-state index in [1.807, 2.05) is 0 Å². The summed E-state index contributed by atoms with van der Waals surface area (Å²) in [6.07, 6.45) is 2.92. The summed E-state index contributed by atoms with van der Waals surface area (Å²) in [6, 6.07) is 0.699. The molecule has 0 amide bonds. The maximum Gasteiger partial charge on any atom is 0.0718 e. The summed E-state index contributed by atoms with van der Waals surface area (Å²) < 4.78 is 11.3. The topological polar surface area (TPSA) is 21.7 Å². The molecule has 3 nitrogen and oxygen atoms in total. The van der Waals surface area contributed by atoms with Crippen LogP contribution < -0.4 is 0 Å². The standard InChI is InChI=1S/C12H23NO2/c1-12(2,3)15-6-4-5-13-8-11-7-10(13)9-14-11/h10-11H,4-9H2,1-3H3/t10-,11-/m1/s1. The van der Waals surface area contributed by atoms with Crippen LogP contribution in [0.2, 0.25) is 0 Å². The Balaban J connectivity index is 1.59. The van der Waals surface area contributed by atoms with Gasteiger partial charge >= 0.3 is 0 Å². The van der Waals surface area contributed by atoms with Crippen molar-refractivity contribution in [2.45, 2.75) is 51.4 Å². The minimum absolute atomic E-state index is 0.00707. The SMILES string of the molecule is CC(C)(C)OCCCN1C[C@H]2C[C@@H]1CO2. The van der Waals surface area contributed by atoms with Gasteiger partial charge in [-0.25, -0.2) is 0 Å². The molecule has 2 aliphatic rings. The highest BCUT2D eigenvalue weighted by atomic mass is 16.5. The zero-order chi connectivity index (χ0) is 10.9. The molecule has 0 aromatic rings. The van der Waals surface area contributed by atoms with E-state index in [9.17, 15) is 0 Å². The lowest BCUT2D eigenvalue weighted by atomic mass is 10.2. The first kappa shape index (κ1) is 11.4. The number of fused-ring (bicyclic) bond motifs is 2. The smallest absolute Gasteiger partial charge is 0.0718 e. The Labute approximate surface area is 92.7 Å². The summed E-state index contributed by atoms with van der Waals surface area (Å²) in [5, 5.41) is 0. The van der Waals surface area contributed by atoms with Gasteiger partial charge in [0, 0.05) is 25.7 Å². The highest BCUT2D eigenvalue weighted by Crippen LogP contribution is 2.27. The molecule has 88 valence electrons. The minimum atomic E-state index is 0.00707. The van der Waals surface area contributed by atoms with Gasteiger partial charge in [0.2, 0.25) is 0 Å². The normalized spacial score (nSPS) is 31.4. The van der Waals surface area contributed by atoms with E-state index in [0.29, 0.717) is 12.1 Å². The molecule has 2 fully saturated rings. The Kier molecular flexibility index (Phi) is 3.33. The van der Waals surface area contributed by atoms with Gasteiger partial charge in [0.25, 0.3) is 0 Å². The van der Waals surface area contributed by atoms with Gasteiger partial charge < -0.3 is 9.47 Å². The molecule has 2 bridgehead atoms. The summed E-state index contributed by atoms with van der Waals surface area (Å²) in [7, 11) is 0. The van der Waals surface area contributed by atoms with Crippen LogP contribution in [0.5, 0.6) is 0 Å². The monoisotopic (exact) mass is 213 g/mol. The number of likely N-dealkylation sites (tertiary alicyclic amines) is 1. The van der Waals surface area contributed by atoms with Gasteiger partial charge in [-0.3, -0.25) is 4.90 Å². The predicted octanol–water partition coefficient (Wildman–Crippen LogP) is 1.66.